The molecule has 0 unspecified atom stereocenters. The molecule has 2 N–H and O–H groups in total. The van der Waals surface area contributed by atoms with Crippen LogP contribution in [-0.2, 0) is 40.7 Å². The third-order valence-corrected chi connectivity index (χ3v) is 10.5. The molecule has 0 aliphatic carbocycles. The fraction of sp³-hybridized carbons (Fsp3) is 0.333. The second-order valence-corrected chi connectivity index (χ2v) is 13.6. The van der Waals surface area contributed by atoms with Crippen LogP contribution in [0.3, 0.4) is 0 Å². The monoisotopic (exact) mass is 639 g/mol. The minimum Gasteiger partial charge on any atom is -0.450 e. The van der Waals surface area contributed by atoms with Gasteiger partial charge in [0.05, 0.1) is 23.6 Å². The quantitative estimate of drug-likeness (QED) is 0.419. The van der Waals surface area contributed by atoms with Crippen LogP contribution in [-0.4, -0.2) is 80.3 Å². The van der Waals surface area contributed by atoms with E-state index in [2.05, 4.69) is 10.6 Å². The number of hydrogen-bond donors (Lipinski definition) is 2. The van der Waals surface area contributed by atoms with Gasteiger partial charge in [-0.3, -0.25) is 14.9 Å². The molecule has 0 radical (unpaired) electrons. The Labute approximate surface area is 259 Å². The Morgan fingerprint density at radius 2 is 1.64 bits per heavy atom. The van der Waals surface area contributed by atoms with Crippen molar-refractivity contribution in [1.29, 1.82) is 0 Å². The molecule has 5 amide bonds. The van der Waals surface area contributed by atoms with Gasteiger partial charge < -0.3 is 19.9 Å². The van der Waals surface area contributed by atoms with Crippen LogP contribution in [0.1, 0.15) is 49.2 Å². The zero-order chi connectivity index (χ0) is 31.6. The minimum atomic E-state index is -3.79. The molecular weight excluding hydrogens is 606 g/mol. The van der Waals surface area contributed by atoms with Gasteiger partial charge in [0.1, 0.15) is 5.00 Å². The number of thiophene rings is 1. The predicted molar refractivity (Wildman–Crippen MR) is 164 cm³/mol. The molecule has 2 aromatic carbocycles. The largest absolute Gasteiger partial charge is 0.450 e. The number of urea groups is 1. The number of nitrogens with zero attached hydrogens (tertiary/aromatic N) is 3. The molecule has 5 rings (SSSR count). The van der Waals surface area contributed by atoms with E-state index in [0.29, 0.717) is 36.4 Å². The van der Waals surface area contributed by atoms with E-state index in [1.165, 1.54) is 52.5 Å². The zero-order valence-corrected chi connectivity index (χ0v) is 26.2. The number of carbonyl (C=O) groups is 4. The van der Waals surface area contributed by atoms with Crippen molar-refractivity contribution in [2.75, 3.05) is 39.1 Å². The lowest BCUT2D eigenvalue weighted by atomic mass is 10.0. The Kier molecular flexibility index (Phi) is 9.04. The summed E-state index contributed by atoms with van der Waals surface area (Å²) in [6, 6.07) is 12.8. The first-order chi connectivity index (χ1) is 21.0. The van der Waals surface area contributed by atoms with Gasteiger partial charge >= 0.3 is 12.1 Å². The van der Waals surface area contributed by atoms with Gasteiger partial charge in [-0.2, -0.15) is 4.31 Å². The highest BCUT2D eigenvalue weighted by atomic mass is 32.2. The van der Waals surface area contributed by atoms with Crippen molar-refractivity contribution in [2.45, 2.75) is 37.8 Å². The number of imide groups is 1. The van der Waals surface area contributed by atoms with E-state index in [0.717, 1.165) is 22.5 Å². The smallest absolute Gasteiger partial charge is 0.410 e. The normalized spacial score (nSPS) is 14.7. The summed E-state index contributed by atoms with van der Waals surface area (Å²) in [6.07, 6.45) is 0.469. The summed E-state index contributed by atoms with van der Waals surface area (Å²) in [4.78, 5) is 54.7. The van der Waals surface area contributed by atoms with E-state index in [4.69, 9.17) is 4.74 Å². The van der Waals surface area contributed by atoms with Crippen molar-refractivity contribution >= 4 is 50.3 Å². The Hall–Kier alpha value is -4.27. The van der Waals surface area contributed by atoms with E-state index in [1.54, 1.807) is 6.92 Å². The van der Waals surface area contributed by atoms with Crippen molar-refractivity contribution < 1.29 is 32.3 Å². The Morgan fingerprint density at radius 1 is 0.932 bits per heavy atom. The first-order valence-electron chi connectivity index (χ1n) is 14.1. The van der Waals surface area contributed by atoms with Gasteiger partial charge in [-0.05, 0) is 60.7 Å². The third-order valence-electron chi connectivity index (χ3n) is 7.51. The first-order valence-corrected chi connectivity index (χ1v) is 16.3. The molecular formula is C30H33N5O7S2. The van der Waals surface area contributed by atoms with Crippen molar-refractivity contribution in [3.63, 3.8) is 0 Å². The summed E-state index contributed by atoms with van der Waals surface area (Å²) in [5.74, 6) is -1.24. The van der Waals surface area contributed by atoms with Gasteiger partial charge in [0.25, 0.3) is 11.8 Å². The lowest BCUT2D eigenvalue weighted by molar-refractivity contribution is 0.0955. The number of amides is 5. The van der Waals surface area contributed by atoms with Gasteiger partial charge in [-0.25, -0.2) is 18.0 Å². The Bertz CT molecular complexity index is 1720. The Morgan fingerprint density at radius 3 is 2.32 bits per heavy atom. The van der Waals surface area contributed by atoms with Crippen LogP contribution in [0.15, 0.2) is 53.4 Å². The maximum Gasteiger partial charge on any atom is 0.410 e. The van der Waals surface area contributed by atoms with Gasteiger partial charge in [0.2, 0.25) is 10.0 Å². The van der Waals surface area contributed by atoms with Crippen LogP contribution in [0.4, 0.5) is 14.6 Å². The van der Waals surface area contributed by atoms with Crippen molar-refractivity contribution in [2.24, 2.45) is 0 Å². The van der Waals surface area contributed by atoms with E-state index in [9.17, 15) is 27.6 Å². The van der Waals surface area contributed by atoms with Crippen LogP contribution >= 0.6 is 11.3 Å². The fourth-order valence-electron chi connectivity index (χ4n) is 5.15. The second kappa shape index (κ2) is 12.8. The van der Waals surface area contributed by atoms with Crippen molar-refractivity contribution in [1.82, 2.24) is 19.4 Å². The van der Waals surface area contributed by atoms with Gasteiger partial charge in [-0.15, -0.1) is 11.3 Å². The van der Waals surface area contributed by atoms with E-state index >= 15 is 0 Å². The van der Waals surface area contributed by atoms with Gasteiger partial charge in [0, 0.05) is 44.2 Å². The number of benzene rings is 2. The zero-order valence-electron chi connectivity index (χ0n) is 24.6. The summed E-state index contributed by atoms with van der Waals surface area (Å²) >= 11 is 1.14. The topological polar surface area (TPSA) is 145 Å². The number of sulfonamides is 1. The number of nitrogens with one attached hydrogen (secondary N) is 2. The second-order valence-electron chi connectivity index (χ2n) is 10.6. The number of hydrogen-bond acceptors (Lipinski definition) is 8. The summed E-state index contributed by atoms with van der Waals surface area (Å²) < 4.78 is 33.3. The van der Waals surface area contributed by atoms with Crippen LogP contribution in [0.2, 0.25) is 0 Å². The standard InChI is InChI=1S/C30H33N5O7S2/c1-4-42-30(39)34-15-14-23-24(18-34)43-28(25(23)27(37)32-29(38)33(2)3)31-26(36)20-9-11-22(12-10-20)44(40,41)35-16-13-19-7-5-6-8-21(19)17-35/h5-12H,4,13-18H2,1-3H3,(H,31,36)(H,32,37,38). The molecule has 3 heterocycles. The lowest BCUT2D eigenvalue weighted by Crippen LogP contribution is -2.40. The minimum absolute atomic E-state index is 0.0707. The van der Waals surface area contributed by atoms with Crippen LogP contribution < -0.4 is 10.6 Å². The fourth-order valence-corrected chi connectivity index (χ4v) is 7.83. The molecule has 0 bridgehead atoms. The van der Waals surface area contributed by atoms with Crippen LogP contribution in [0.5, 0.6) is 0 Å². The number of ether oxygens (including phenoxy) is 1. The highest BCUT2D eigenvalue weighted by molar-refractivity contribution is 7.89. The van der Waals surface area contributed by atoms with Gasteiger partial charge in [0.15, 0.2) is 0 Å². The number of carbonyl (C=O) groups excluding carboxylic acids is 4. The highest BCUT2D eigenvalue weighted by Gasteiger charge is 2.32. The molecule has 3 aromatic rings. The number of fused-ring (bicyclic) bond motifs is 2. The van der Waals surface area contributed by atoms with Crippen LogP contribution in [0.25, 0.3) is 0 Å². The maximum absolute atomic E-state index is 13.4. The number of anilines is 1. The average Bonchev–Trinajstić information content (AvgIpc) is 3.37. The molecule has 0 saturated carbocycles. The molecule has 14 heteroatoms. The van der Waals surface area contributed by atoms with Crippen molar-refractivity contribution in [3.05, 3.63) is 81.2 Å². The summed E-state index contributed by atoms with van der Waals surface area (Å²) in [5.41, 5.74) is 3.08. The summed E-state index contributed by atoms with van der Waals surface area (Å²) in [7, 11) is -0.790. The lowest BCUT2D eigenvalue weighted by Gasteiger charge is -2.28. The molecule has 0 fully saturated rings. The molecule has 232 valence electrons. The molecule has 0 spiro atoms. The molecule has 12 nitrogen and oxygen atoms in total. The van der Waals surface area contributed by atoms with Crippen molar-refractivity contribution in [3.8, 4) is 0 Å². The predicted octanol–water partition coefficient (Wildman–Crippen LogP) is 3.67. The number of rotatable bonds is 6. The highest BCUT2D eigenvalue weighted by Crippen LogP contribution is 2.38. The summed E-state index contributed by atoms with van der Waals surface area (Å²) in [5, 5.41) is 5.32. The molecule has 0 saturated heterocycles. The third kappa shape index (κ3) is 6.32. The molecule has 44 heavy (non-hydrogen) atoms. The molecule has 2 aliphatic rings. The summed E-state index contributed by atoms with van der Waals surface area (Å²) in [6.45, 7) is 3.06. The first kappa shape index (κ1) is 31.2. The van der Waals surface area contributed by atoms with E-state index in [-0.39, 0.29) is 40.7 Å². The maximum atomic E-state index is 13.4. The molecule has 1 aromatic heterocycles. The molecule has 0 atom stereocenters. The average molecular weight is 640 g/mol. The SMILES string of the molecule is CCOC(=O)N1CCc2c(sc(NC(=O)c3ccc(S(=O)(=O)N4CCc5ccccc5C4)cc3)c2C(=O)NC(=O)N(C)C)C1. The van der Waals surface area contributed by atoms with Gasteiger partial charge in [-0.1, -0.05) is 24.3 Å². The van der Waals surface area contributed by atoms with E-state index in [1.807, 2.05) is 24.3 Å². The molecule has 2 aliphatic heterocycles. The Balaban J connectivity index is 1.37. The van der Waals surface area contributed by atoms with E-state index < -0.39 is 34.0 Å². The van der Waals surface area contributed by atoms with Crippen LogP contribution in [0, 0.1) is 0 Å².